The fraction of sp³-hybridized carbons (Fsp3) is 0.333. The van der Waals surface area contributed by atoms with Crippen LogP contribution >= 0.6 is 22.9 Å². The molecule has 30 heavy (non-hydrogen) atoms. The Kier molecular flexibility index (Phi) is 5.87. The quantitative estimate of drug-likeness (QED) is 0.596. The minimum absolute atomic E-state index is 0.309. The van der Waals surface area contributed by atoms with Crippen LogP contribution in [0.15, 0.2) is 30.3 Å². The molecule has 1 amide bonds. The lowest BCUT2D eigenvalue weighted by molar-refractivity contribution is -0.125. The van der Waals surface area contributed by atoms with Crippen molar-refractivity contribution in [2.75, 3.05) is 18.0 Å². The Hall–Kier alpha value is -2.71. The van der Waals surface area contributed by atoms with E-state index in [9.17, 15) is 9.59 Å². The molecule has 156 valence electrons. The molecule has 2 aromatic heterocycles. The third kappa shape index (κ3) is 4.24. The number of benzene rings is 1. The van der Waals surface area contributed by atoms with Gasteiger partial charge in [0.05, 0.1) is 16.0 Å². The van der Waals surface area contributed by atoms with Gasteiger partial charge >= 0.3 is 5.97 Å². The van der Waals surface area contributed by atoms with Crippen molar-refractivity contribution in [1.82, 2.24) is 9.97 Å². The lowest BCUT2D eigenvalue weighted by Gasteiger charge is -2.25. The van der Waals surface area contributed by atoms with E-state index in [4.69, 9.17) is 27.1 Å². The van der Waals surface area contributed by atoms with E-state index < -0.39 is 18.0 Å². The van der Waals surface area contributed by atoms with E-state index in [0.29, 0.717) is 26.6 Å². The van der Waals surface area contributed by atoms with Gasteiger partial charge < -0.3 is 15.4 Å². The van der Waals surface area contributed by atoms with Crippen molar-refractivity contribution >= 4 is 50.3 Å². The molecule has 7 nitrogen and oxygen atoms in total. The molecule has 1 unspecified atom stereocenters. The maximum atomic E-state index is 12.9. The molecular weight excluding hydrogens is 424 g/mol. The first kappa shape index (κ1) is 20.6. The van der Waals surface area contributed by atoms with Crippen LogP contribution in [0.1, 0.15) is 36.5 Å². The number of esters is 1. The van der Waals surface area contributed by atoms with E-state index >= 15 is 0 Å². The molecule has 0 saturated carbocycles. The third-order valence-electron chi connectivity index (χ3n) is 5.00. The molecule has 1 atom stereocenters. The van der Waals surface area contributed by atoms with Crippen molar-refractivity contribution < 1.29 is 14.3 Å². The zero-order valence-electron chi connectivity index (χ0n) is 16.4. The lowest BCUT2D eigenvalue weighted by atomic mass is 10.1. The van der Waals surface area contributed by atoms with Crippen molar-refractivity contribution in [1.29, 1.82) is 0 Å². The molecule has 0 radical (unpaired) electrons. The number of halogens is 1. The maximum Gasteiger partial charge on any atom is 0.340 e. The molecule has 9 heteroatoms. The Bertz CT molecular complexity index is 1110. The summed E-state index contributed by atoms with van der Waals surface area (Å²) >= 11 is 7.54. The number of anilines is 1. The average molecular weight is 445 g/mol. The van der Waals surface area contributed by atoms with E-state index in [1.807, 2.05) is 12.1 Å². The van der Waals surface area contributed by atoms with Crippen LogP contribution in [0.25, 0.3) is 21.6 Å². The van der Waals surface area contributed by atoms with E-state index in [1.54, 1.807) is 18.2 Å². The summed E-state index contributed by atoms with van der Waals surface area (Å²) < 4.78 is 5.90. The number of rotatable bonds is 5. The normalized spacial score (nSPS) is 15.2. The van der Waals surface area contributed by atoms with Crippen molar-refractivity contribution in [2.45, 2.75) is 32.3 Å². The van der Waals surface area contributed by atoms with E-state index in [-0.39, 0.29) is 0 Å². The number of amides is 1. The van der Waals surface area contributed by atoms with Crippen LogP contribution in [0.4, 0.5) is 5.13 Å². The summed E-state index contributed by atoms with van der Waals surface area (Å²) in [6.45, 7) is 3.31. The van der Waals surface area contributed by atoms with Gasteiger partial charge in [0, 0.05) is 23.7 Å². The largest absolute Gasteiger partial charge is 0.449 e. The molecule has 0 spiro atoms. The Morgan fingerprint density at radius 2 is 1.97 bits per heavy atom. The molecule has 4 rings (SSSR count). The number of pyridine rings is 1. The highest BCUT2D eigenvalue weighted by Gasteiger charge is 2.24. The number of nitrogens with zero attached hydrogens (tertiary/aromatic N) is 3. The Morgan fingerprint density at radius 1 is 1.20 bits per heavy atom. The SMILES string of the molecule is CC(OC(=O)c1cc(-c2cccc(Cl)c2)nc2nc(N3CCCCC3)sc12)C(N)=O. The number of carbonyl (C=O) groups excluding carboxylic acids is 2. The van der Waals surface area contributed by atoms with Crippen molar-refractivity contribution in [3.63, 3.8) is 0 Å². The summed E-state index contributed by atoms with van der Waals surface area (Å²) in [5, 5.41) is 1.39. The summed E-state index contributed by atoms with van der Waals surface area (Å²) in [7, 11) is 0. The second-order valence-corrected chi connectivity index (χ2v) is 8.63. The number of nitrogens with two attached hydrogens (primary N) is 1. The fourth-order valence-corrected chi connectivity index (χ4v) is 4.60. The Labute approximate surface area is 182 Å². The van der Waals surface area contributed by atoms with Gasteiger partial charge in [0.25, 0.3) is 5.91 Å². The van der Waals surface area contributed by atoms with Crippen LogP contribution in [0.2, 0.25) is 5.02 Å². The van der Waals surface area contributed by atoms with E-state index in [1.165, 1.54) is 24.7 Å². The van der Waals surface area contributed by atoms with Crippen LogP contribution in [-0.4, -0.2) is 41.0 Å². The summed E-state index contributed by atoms with van der Waals surface area (Å²) in [6.07, 6.45) is 2.40. The molecular formula is C21H21ClN4O3S. The van der Waals surface area contributed by atoms with Crippen molar-refractivity contribution in [3.05, 3.63) is 40.9 Å². The number of piperidine rings is 1. The number of thiazole rings is 1. The van der Waals surface area contributed by atoms with Gasteiger partial charge in [-0.2, -0.15) is 4.98 Å². The number of hydrogen-bond donors (Lipinski definition) is 1. The molecule has 1 saturated heterocycles. The first-order chi connectivity index (χ1) is 14.4. The number of hydrogen-bond acceptors (Lipinski definition) is 7. The minimum atomic E-state index is -1.04. The van der Waals surface area contributed by atoms with Gasteiger partial charge in [-0.1, -0.05) is 35.1 Å². The number of primary amides is 1. The van der Waals surface area contributed by atoms with Crippen LogP contribution in [-0.2, 0) is 9.53 Å². The Balaban J connectivity index is 1.81. The molecule has 1 aliphatic heterocycles. The summed E-state index contributed by atoms with van der Waals surface area (Å²) in [5.41, 5.74) is 7.35. The van der Waals surface area contributed by atoms with Gasteiger partial charge in [0.2, 0.25) is 0 Å². The molecule has 1 aromatic carbocycles. The fourth-order valence-electron chi connectivity index (χ4n) is 3.35. The zero-order chi connectivity index (χ0) is 21.3. The monoisotopic (exact) mass is 444 g/mol. The number of fused-ring (bicyclic) bond motifs is 1. The molecule has 0 aliphatic carbocycles. The first-order valence-corrected chi connectivity index (χ1v) is 10.9. The first-order valence-electron chi connectivity index (χ1n) is 9.75. The van der Waals surface area contributed by atoms with E-state index in [0.717, 1.165) is 36.6 Å². The third-order valence-corrected chi connectivity index (χ3v) is 6.38. The topological polar surface area (TPSA) is 98.4 Å². The highest BCUT2D eigenvalue weighted by Crippen LogP contribution is 2.35. The molecule has 0 bridgehead atoms. The van der Waals surface area contributed by atoms with Gasteiger partial charge in [-0.25, -0.2) is 9.78 Å². The number of ether oxygens (including phenoxy) is 1. The van der Waals surface area contributed by atoms with Crippen LogP contribution < -0.4 is 10.6 Å². The highest BCUT2D eigenvalue weighted by molar-refractivity contribution is 7.22. The smallest absolute Gasteiger partial charge is 0.340 e. The summed E-state index contributed by atoms with van der Waals surface area (Å²) in [6, 6.07) is 8.87. The Morgan fingerprint density at radius 3 is 2.67 bits per heavy atom. The number of carbonyl (C=O) groups is 2. The van der Waals surface area contributed by atoms with Crippen molar-refractivity contribution in [3.8, 4) is 11.3 Å². The van der Waals surface area contributed by atoms with Crippen molar-refractivity contribution in [2.24, 2.45) is 5.73 Å². The number of aromatic nitrogens is 2. The van der Waals surface area contributed by atoms with Gasteiger partial charge in [0.15, 0.2) is 16.9 Å². The summed E-state index contributed by atoms with van der Waals surface area (Å²) in [5.74, 6) is -1.34. The van der Waals surface area contributed by atoms with E-state index in [2.05, 4.69) is 9.88 Å². The molecule has 1 fully saturated rings. The second kappa shape index (κ2) is 8.57. The van der Waals surface area contributed by atoms with Gasteiger partial charge in [-0.05, 0) is 44.4 Å². The predicted molar refractivity (Wildman–Crippen MR) is 118 cm³/mol. The van der Waals surface area contributed by atoms with Crippen LogP contribution in [0.3, 0.4) is 0 Å². The second-order valence-electron chi connectivity index (χ2n) is 7.21. The highest BCUT2D eigenvalue weighted by atomic mass is 35.5. The molecule has 2 N–H and O–H groups in total. The van der Waals surface area contributed by atoms with Gasteiger partial charge in [-0.3, -0.25) is 4.79 Å². The minimum Gasteiger partial charge on any atom is -0.449 e. The standard InChI is InChI=1S/C21H21ClN4O3S/c1-12(18(23)27)29-20(28)15-11-16(13-6-5-7-14(22)10-13)24-19-17(15)30-21(25-19)26-8-3-2-4-9-26/h5-7,10-12H,2-4,8-9H2,1H3,(H2,23,27). The molecule has 3 aromatic rings. The summed E-state index contributed by atoms with van der Waals surface area (Å²) in [4.78, 5) is 35.9. The maximum absolute atomic E-state index is 12.9. The van der Waals surface area contributed by atoms with Crippen LogP contribution in [0.5, 0.6) is 0 Å². The molecule has 1 aliphatic rings. The predicted octanol–water partition coefficient (Wildman–Crippen LogP) is 4.03. The average Bonchev–Trinajstić information content (AvgIpc) is 3.17. The molecule has 3 heterocycles. The van der Waals surface area contributed by atoms with Gasteiger partial charge in [-0.15, -0.1) is 0 Å². The zero-order valence-corrected chi connectivity index (χ0v) is 18.0. The lowest BCUT2D eigenvalue weighted by Crippen LogP contribution is -2.30. The van der Waals surface area contributed by atoms with Gasteiger partial charge in [0.1, 0.15) is 0 Å². The van der Waals surface area contributed by atoms with Crippen LogP contribution in [0, 0.1) is 0 Å².